The maximum atomic E-state index is 5.81. The van der Waals surface area contributed by atoms with Crippen LogP contribution in [0.15, 0.2) is 23.3 Å². The summed E-state index contributed by atoms with van der Waals surface area (Å²) in [5.74, 6) is -0.00920. The van der Waals surface area contributed by atoms with Crippen molar-refractivity contribution in [1.82, 2.24) is 5.43 Å². The van der Waals surface area contributed by atoms with Crippen molar-refractivity contribution < 1.29 is 0 Å². The highest BCUT2D eigenvalue weighted by molar-refractivity contribution is 6.42. The van der Waals surface area contributed by atoms with Crippen LogP contribution in [-0.4, -0.2) is 5.96 Å². The molecular formula is C8H10Cl2N4. The molecule has 0 radical (unpaired) electrons. The summed E-state index contributed by atoms with van der Waals surface area (Å²) in [7, 11) is 0. The fourth-order valence-corrected chi connectivity index (χ4v) is 1.19. The van der Waals surface area contributed by atoms with E-state index in [1.54, 1.807) is 12.1 Å². The van der Waals surface area contributed by atoms with Crippen molar-refractivity contribution in [2.75, 3.05) is 0 Å². The molecule has 0 bridgehead atoms. The van der Waals surface area contributed by atoms with Crippen molar-refractivity contribution in [2.45, 2.75) is 6.54 Å². The average molecular weight is 233 g/mol. The number of hydrazone groups is 1. The molecule has 0 amide bonds. The summed E-state index contributed by atoms with van der Waals surface area (Å²) in [6, 6.07) is 5.30. The van der Waals surface area contributed by atoms with Crippen molar-refractivity contribution in [1.29, 1.82) is 0 Å². The van der Waals surface area contributed by atoms with Crippen LogP contribution in [0.4, 0.5) is 0 Å². The van der Waals surface area contributed by atoms with Crippen LogP contribution in [0.1, 0.15) is 5.56 Å². The zero-order valence-electron chi connectivity index (χ0n) is 7.30. The molecule has 1 aromatic rings. The number of guanidine groups is 1. The smallest absolute Gasteiger partial charge is 0.208 e. The molecule has 4 nitrogen and oxygen atoms in total. The lowest BCUT2D eigenvalue weighted by molar-refractivity contribution is 0.741. The van der Waals surface area contributed by atoms with E-state index >= 15 is 0 Å². The van der Waals surface area contributed by atoms with E-state index in [9.17, 15) is 0 Å². The summed E-state index contributed by atoms with van der Waals surface area (Å²) < 4.78 is 0. The van der Waals surface area contributed by atoms with E-state index in [2.05, 4.69) is 10.5 Å². The van der Waals surface area contributed by atoms with Crippen molar-refractivity contribution in [2.24, 2.45) is 16.6 Å². The first-order chi connectivity index (χ1) is 6.59. The highest BCUT2D eigenvalue weighted by Crippen LogP contribution is 2.22. The van der Waals surface area contributed by atoms with Crippen LogP contribution in [0.5, 0.6) is 0 Å². The van der Waals surface area contributed by atoms with E-state index in [-0.39, 0.29) is 5.96 Å². The molecule has 0 fully saturated rings. The monoisotopic (exact) mass is 232 g/mol. The maximum absolute atomic E-state index is 5.81. The van der Waals surface area contributed by atoms with Gasteiger partial charge in [-0.25, -0.2) is 0 Å². The van der Waals surface area contributed by atoms with E-state index in [1.807, 2.05) is 6.07 Å². The highest BCUT2D eigenvalue weighted by Gasteiger charge is 1.98. The van der Waals surface area contributed by atoms with Gasteiger partial charge in [0.05, 0.1) is 16.6 Å². The van der Waals surface area contributed by atoms with Gasteiger partial charge < -0.3 is 16.9 Å². The molecule has 14 heavy (non-hydrogen) atoms. The number of rotatable bonds is 3. The number of halogens is 2. The fraction of sp³-hybridized carbons (Fsp3) is 0.125. The first kappa shape index (κ1) is 10.9. The molecule has 76 valence electrons. The van der Waals surface area contributed by atoms with E-state index in [0.717, 1.165) is 5.56 Å². The lowest BCUT2D eigenvalue weighted by atomic mass is 10.2. The van der Waals surface area contributed by atoms with Gasteiger partial charge in [-0.05, 0) is 17.7 Å². The molecule has 6 heteroatoms. The predicted octanol–water partition coefficient (Wildman–Crippen LogP) is 1.27. The van der Waals surface area contributed by atoms with Gasteiger partial charge in [-0.1, -0.05) is 29.3 Å². The molecule has 0 heterocycles. The lowest BCUT2D eigenvalue weighted by Crippen LogP contribution is -2.26. The van der Waals surface area contributed by atoms with Crippen LogP contribution in [0.2, 0.25) is 10.0 Å². The topological polar surface area (TPSA) is 76.4 Å². The van der Waals surface area contributed by atoms with E-state index in [1.165, 1.54) is 0 Å². The van der Waals surface area contributed by atoms with Crippen molar-refractivity contribution in [3.8, 4) is 0 Å². The van der Waals surface area contributed by atoms with Crippen LogP contribution in [0, 0.1) is 0 Å². The van der Waals surface area contributed by atoms with Crippen LogP contribution < -0.4 is 16.9 Å². The summed E-state index contributed by atoms with van der Waals surface area (Å²) in [4.78, 5) is 0. The Morgan fingerprint density at radius 3 is 2.57 bits per heavy atom. The van der Waals surface area contributed by atoms with E-state index in [0.29, 0.717) is 16.6 Å². The third-order valence-electron chi connectivity index (χ3n) is 1.48. The molecule has 0 spiro atoms. The van der Waals surface area contributed by atoms with Gasteiger partial charge >= 0.3 is 0 Å². The third-order valence-corrected chi connectivity index (χ3v) is 2.21. The largest absolute Gasteiger partial charge is 0.369 e. The van der Waals surface area contributed by atoms with Gasteiger partial charge in [0.2, 0.25) is 5.96 Å². The summed E-state index contributed by atoms with van der Waals surface area (Å²) in [5.41, 5.74) is 13.9. The van der Waals surface area contributed by atoms with Gasteiger partial charge in [-0.15, -0.1) is 5.10 Å². The number of hydrogen-bond donors (Lipinski definition) is 3. The van der Waals surface area contributed by atoms with Crippen LogP contribution >= 0.6 is 23.2 Å². The Kier molecular flexibility index (Phi) is 3.85. The second-order valence-electron chi connectivity index (χ2n) is 2.62. The third kappa shape index (κ3) is 3.32. The summed E-state index contributed by atoms with van der Waals surface area (Å²) in [6.45, 7) is 0.495. The molecule has 1 rings (SSSR count). The number of nitrogens with one attached hydrogen (secondary N) is 1. The van der Waals surface area contributed by atoms with Crippen molar-refractivity contribution >= 4 is 29.2 Å². The zero-order valence-corrected chi connectivity index (χ0v) is 8.81. The second-order valence-corrected chi connectivity index (χ2v) is 3.43. The minimum absolute atomic E-state index is 0.00920. The van der Waals surface area contributed by atoms with Crippen molar-refractivity contribution in [3.63, 3.8) is 0 Å². The Bertz CT molecular complexity index is 347. The lowest BCUT2D eigenvalue weighted by Gasteiger charge is -2.02. The molecule has 0 aliphatic carbocycles. The first-order valence-electron chi connectivity index (χ1n) is 3.85. The minimum Gasteiger partial charge on any atom is -0.369 e. The molecule has 0 aliphatic rings. The molecule has 0 aliphatic heterocycles. The molecule has 0 unspecified atom stereocenters. The molecule has 0 aromatic heterocycles. The van der Waals surface area contributed by atoms with Gasteiger partial charge in [-0.3, -0.25) is 0 Å². The predicted molar refractivity (Wildman–Crippen MR) is 59.1 cm³/mol. The Hall–Kier alpha value is -1.13. The average Bonchev–Trinajstić information content (AvgIpc) is 2.10. The molecule has 0 saturated heterocycles. The van der Waals surface area contributed by atoms with Crippen LogP contribution in [0.3, 0.4) is 0 Å². The summed E-state index contributed by atoms with van der Waals surface area (Å²) in [6.07, 6.45) is 0. The molecule has 5 N–H and O–H groups in total. The normalized spacial score (nSPS) is 9.57. The van der Waals surface area contributed by atoms with Gasteiger partial charge in [0.1, 0.15) is 0 Å². The Balaban J connectivity index is 2.60. The molecule has 0 saturated carbocycles. The number of benzene rings is 1. The molecule has 0 atom stereocenters. The van der Waals surface area contributed by atoms with Crippen LogP contribution in [-0.2, 0) is 6.54 Å². The number of nitrogens with zero attached hydrogens (tertiary/aromatic N) is 1. The van der Waals surface area contributed by atoms with Crippen LogP contribution in [0.25, 0.3) is 0 Å². The van der Waals surface area contributed by atoms with Gasteiger partial charge in [0.25, 0.3) is 0 Å². The van der Waals surface area contributed by atoms with Gasteiger partial charge in [-0.2, -0.15) is 0 Å². The number of nitrogens with two attached hydrogens (primary N) is 2. The maximum Gasteiger partial charge on any atom is 0.208 e. The summed E-state index contributed by atoms with van der Waals surface area (Å²) in [5, 5.41) is 4.65. The second kappa shape index (κ2) is 4.93. The number of hydrogen-bond acceptors (Lipinski definition) is 2. The Morgan fingerprint density at radius 1 is 1.29 bits per heavy atom. The molecule has 1 aromatic carbocycles. The van der Waals surface area contributed by atoms with Gasteiger partial charge in [0, 0.05) is 0 Å². The molecular weight excluding hydrogens is 223 g/mol. The highest BCUT2D eigenvalue weighted by atomic mass is 35.5. The quantitative estimate of drug-likeness (QED) is 0.418. The standard InChI is InChI=1S/C8H10Cl2N4/c9-6-2-1-5(3-7(6)10)4-13-14-8(11)12/h1-3,13H,4H2,(H4,11,12,14). The Morgan fingerprint density at radius 2 is 2.00 bits per heavy atom. The van der Waals surface area contributed by atoms with E-state index < -0.39 is 0 Å². The minimum atomic E-state index is -0.00920. The fourth-order valence-electron chi connectivity index (χ4n) is 0.872. The first-order valence-corrected chi connectivity index (χ1v) is 4.60. The summed E-state index contributed by atoms with van der Waals surface area (Å²) >= 11 is 11.6. The zero-order chi connectivity index (χ0) is 10.6. The van der Waals surface area contributed by atoms with E-state index in [4.69, 9.17) is 34.7 Å². The SMILES string of the molecule is NC(N)=NNCc1ccc(Cl)c(Cl)c1. The van der Waals surface area contributed by atoms with Crippen molar-refractivity contribution in [3.05, 3.63) is 33.8 Å². The Labute approximate surface area is 91.9 Å². The van der Waals surface area contributed by atoms with Gasteiger partial charge in [0.15, 0.2) is 0 Å².